The van der Waals surface area contributed by atoms with E-state index in [4.69, 9.17) is 9.47 Å². The molecule has 7 nitrogen and oxygen atoms in total. The molecule has 0 saturated carbocycles. The van der Waals surface area contributed by atoms with Crippen LogP contribution < -0.4 is 9.04 Å². The summed E-state index contributed by atoms with van der Waals surface area (Å²) in [6.07, 6.45) is 1.02. The zero-order chi connectivity index (χ0) is 21.1. The van der Waals surface area contributed by atoms with Crippen molar-refractivity contribution < 1.29 is 22.7 Å². The molecule has 1 fully saturated rings. The largest absolute Gasteiger partial charge is 0.481 e. The van der Waals surface area contributed by atoms with E-state index in [1.165, 1.54) is 16.4 Å². The highest BCUT2D eigenvalue weighted by Crippen LogP contribution is 2.32. The van der Waals surface area contributed by atoms with E-state index in [0.717, 1.165) is 24.1 Å². The van der Waals surface area contributed by atoms with Gasteiger partial charge in [-0.15, -0.1) is 0 Å². The van der Waals surface area contributed by atoms with Crippen LogP contribution in [0.2, 0.25) is 0 Å². The number of benzene rings is 2. The van der Waals surface area contributed by atoms with Crippen LogP contribution in [0.4, 0.5) is 5.69 Å². The Bertz CT molecular complexity index is 1000. The first-order valence-corrected chi connectivity index (χ1v) is 11.6. The van der Waals surface area contributed by atoms with Crippen LogP contribution >= 0.6 is 0 Å². The lowest BCUT2D eigenvalue weighted by Crippen LogP contribution is -2.46. The van der Waals surface area contributed by atoms with Crippen molar-refractivity contribution in [2.24, 2.45) is 0 Å². The molecule has 1 atom stereocenters. The predicted octanol–water partition coefficient (Wildman–Crippen LogP) is 2.45. The van der Waals surface area contributed by atoms with Gasteiger partial charge in [-0.05, 0) is 55.7 Å². The fourth-order valence-electron chi connectivity index (χ4n) is 3.86. The number of hydrogen-bond donors (Lipinski definition) is 0. The summed E-state index contributed by atoms with van der Waals surface area (Å²) < 4.78 is 38.9. The van der Waals surface area contributed by atoms with Gasteiger partial charge in [-0.1, -0.05) is 18.2 Å². The van der Waals surface area contributed by atoms with Gasteiger partial charge in [-0.3, -0.25) is 9.10 Å². The highest BCUT2D eigenvalue weighted by Gasteiger charge is 2.29. The number of anilines is 1. The third-order valence-corrected chi connectivity index (χ3v) is 7.29. The van der Waals surface area contributed by atoms with Crippen molar-refractivity contribution >= 4 is 21.6 Å². The van der Waals surface area contributed by atoms with Gasteiger partial charge in [0, 0.05) is 19.6 Å². The third kappa shape index (κ3) is 4.15. The number of carbonyl (C=O) groups excluding carboxylic acids is 1. The molecule has 4 rings (SSSR count). The van der Waals surface area contributed by atoms with Crippen LogP contribution in [0.15, 0.2) is 53.4 Å². The second-order valence-corrected chi connectivity index (χ2v) is 9.34. The first kappa shape index (κ1) is 20.7. The number of morpholine rings is 1. The van der Waals surface area contributed by atoms with E-state index in [9.17, 15) is 13.2 Å². The Morgan fingerprint density at radius 1 is 1.03 bits per heavy atom. The molecule has 2 aromatic carbocycles. The first-order valence-electron chi connectivity index (χ1n) is 10.2. The number of hydrogen-bond acceptors (Lipinski definition) is 5. The average Bonchev–Trinajstić information content (AvgIpc) is 2.79. The molecule has 2 aromatic rings. The van der Waals surface area contributed by atoms with Crippen molar-refractivity contribution in [3.63, 3.8) is 0 Å². The Labute approximate surface area is 177 Å². The molecule has 1 saturated heterocycles. The molecule has 160 valence electrons. The quantitative estimate of drug-likeness (QED) is 0.728. The molecular formula is C22H26N2O5S. The summed E-state index contributed by atoms with van der Waals surface area (Å²) in [5.74, 6) is 0.363. The molecule has 0 spiro atoms. The maximum absolute atomic E-state index is 13.2. The fraction of sp³-hybridized carbons (Fsp3) is 0.409. The van der Waals surface area contributed by atoms with Crippen LogP contribution in [-0.4, -0.2) is 58.2 Å². The smallest absolute Gasteiger partial charge is 0.264 e. The summed E-state index contributed by atoms with van der Waals surface area (Å²) in [6.45, 7) is 4.34. The van der Waals surface area contributed by atoms with Gasteiger partial charge in [0.05, 0.1) is 23.8 Å². The van der Waals surface area contributed by atoms with Crippen molar-refractivity contribution in [1.29, 1.82) is 0 Å². The molecule has 2 heterocycles. The third-order valence-electron chi connectivity index (χ3n) is 5.46. The minimum Gasteiger partial charge on any atom is -0.481 e. The fourth-order valence-corrected chi connectivity index (χ4v) is 5.40. The lowest BCUT2D eigenvalue weighted by atomic mass is 10.0. The van der Waals surface area contributed by atoms with Crippen molar-refractivity contribution in [3.8, 4) is 5.75 Å². The Balaban J connectivity index is 1.47. The molecule has 8 heteroatoms. The van der Waals surface area contributed by atoms with E-state index in [1.807, 2.05) is 24.3 Å². The number of sulfonamides is 1. The second-order valence-electron chi connectivity index (χ2n) is 7.48. The number of para-hydroxylation sites is 1. The van der Waals surface area contributed by atoms with E-state index in [0.29, 0.717) is 38.6 Å². The van der Waals surface area contributed by atoms with Crippen molar-refractivity contribution in [2.45, 2.75) is 30.8 Å². The maximum atomic E-state index is 13.2. The van der Waals surface area contributed by atoms with Gasteiger partial charge in [0.2, 0.25) is 0 Å². The Kier molecular flexibility index (Phi) is 5.97. The van der Waals surface area contributed by atoms with Gasteiger partial charge in [0.1, 0.15) is 5.75 Å². The normalized spacial score (nSPS) is 17.9. The number of fused-ring (bicyclic) bond motifs is 1. The van der Waals surface area contributed by atoms with Gasteiger partial charge < -0.3 is 14.4 Å². The number of aryl methyl sites for hydroxylation is 1. The van der Waals surface area contributed by atoms with Crippen LogP contribution in [0.5, 0.6) is 5.75 Å². The molecule has 0 aliphatic carbocycles. The summed E-state index contributed by atoms with van der Waals surface area (Å²) in [7, 11) is -3.67. The number of rotatable bonds is 5. The topological polar surface area (TPSA) is 76.2 Å². The maximum Gasteiger partial charge on any atom is 0.264 e. The van der Waals surface area contributed by atoms with Gasteiger partial charge in [0.15, 0.2) is 6.10 Å². The van der Waals surface area contributed by atoms with Gasteiger partial charge in [-0.2, -0.15) is 0 Å². The van der Waals surface area contributed by atoms with Crippen LogP contribution in [0.1, 0.15) is 18.9 Å². The van der Waals surface area contributed by atoms with Gasteiger partial charge in [0.25, 0.3) is 15.9 Å². The van der Waals surface area contributed by atoms with Crippen LogP contribution in [0.3, 0.4) is 0 Å². The lowest BCUT2D eigenvalue weighted by Gasteiger charge is -2.30. The summed E-state index contributed by atoms with van der Waals surface area (Å²) >= 11 is 0. The predicted molar refractivity (Wildman–Crippen MR) is 113 cm³/mol. The highest BCUT2D eigenvalue weighted by molar-refractivity contribution is 7.92. The standard InChI is InChI=1S/C22H26N2O5S/c1-17(22(25)23-13-15-28-16-14-23)29-19-8-10-20(11-9-19)30(26,27)24-12-4-6-18-5-2-3-7-21(18)24/h2-3,5,7-11,17H,4,6,12-16H2,1H3/t17-/m1/s1. The van der Waals surface area contributed by atoms with Crippen LogP contribution in [0, 0.1) is 0 Å². The van der Waals surface area contributed by atoms with Gasteiger partial charge >= 0.3 is 0 Å². The second kappa shape index (κ2) is 8.65. The number of carbonyl (C=O) groups is 1. The molecule has 0 unspecified atom stereocenters. The summed E-state index contributed by atoms with van der Waals surface area (Å²) in [5.41, 5.74) is 1.79. The number of nitrogens with zero attached hydrogens (tertiary/aromatic N) is 2. The molecule has 0 bridgehead atoms. The lowest BCUT2D eigenvalue weighted by molar-refractivity contribution is -0.142. The van der Waals surface area contributed by atoms with Crippen LogP contribution in [0.25, 0.3) is 0 Å². The molecule has 2 aliphatic heterocycles. The molecule has 0 radical (unpaired) electrons. The Morgan fingerprint density at radius 2 is 1.73 bits per heavy atom. The highest BCUT2D eigenvalue weighted by atomic mass is 32.2. The van der Waals surface area contributed by atoms with E-state index >= 15 is 0 Å². The average molecular weight is 431 g/mol. The van der Waals surface area contributed by atoms with Crippen molar-refractivity contribution in [3.05, 3.63) is 54.1 Å². The molecular weight excluding hydrogens is 404 g/mol. The molecule has 2 aliphatic rings. The van der Waals surface area contributed by atoms with E-state index < -0.39 is 16.1 Å². The minimum atomic E-state index is -3.67. The van der Waals surface area contributed by atoms with E-state index in [2.05, 4.69) is 0 Å². The molecule has 0 aromatic heterocycles. The number of ether oxygens (including phenoxy) is 2. The van der Waals surface area contributed by atoms with E-state index in [-0.39, 0.29) is 10.8 Å². The Morgan fingerprint density at radius 3 is 2.47 bits per heavy atom. The Hall–Kier alpha value is -2.58. The molecule has 0 N–H and O–H groups in total. The van der Waals surface area contributed by atoms with Gasteiger partial charge in [-0.25, -0.2) is 8.42 Å². The monoisotopic (exact) mass is 430 g/mol. The van der Waals surface area contributed by atoms with Crippen molar-refractivity contribution in [1.82, 2.24) is 4.90 Å². The SMILES string of the molecule is C[C@@H](Oc1ccc(S(=O)(=O)N2CCCc3ccccc32)cc1)C(=O)N1CCOCC1. The minimum absolute atomic E-state index is 0.0973. The zero-order valence-electron chi connectivity index (χ0n) is 17.0. The molecule has 1 amide bonds. The van der Waals surface area contributed by atoms with E-state index in [1.54, 1.807) is 24.0 Å². The summed E-state index contributed by atoms with van der Waals surface area (Å²) in [5, 5.41) is 0. The van der Waals surface area contributed by atoms with Crippen molar-refractivity contribution in [2.75, 3.05) is 37.2 Å². The number of amides is 1. The van der Waals surface area contributed by atoms with Crippen LogP contribution in [-0.2, 0) is 26.0 Å². The molecule has 30 heavy (non-hydrogen) atoms. The first-order chi connectivity index (χ1) is 14.5. The zero-order valence-corrected chi connectivity index (χ0v) is 17.8. The summed E-state index contributed by atoms with van der Waals surface area (Å²) in [6, 6.07) is 13.9. The summed E-state index contributed by atoms with van der Waals surface area (Å²) in [4.78, 5) is 14.4.